The molecule has 0 aromatic heterocycles. The lowest BCUT2D eigenvalue weighted by Crippen LogP contribution is -2.50. The minimum Gasteiger partial charge on any atom is -0.518 e. The molecule has 7 amide bonds. The summed E-state index contributed by atoms with van der Waals surface area (Å²) in [7, 11) is 2.23. The van der Waals surface area contributed by atoms with E-state index in [0.29, 0.717) is 38.8 Å². The monoisotopic (exact) mass is 1680 g/mol. The lowest BCUT2D eigenvalue weighted by Gasteiger charge is -2.30. The fourth-order valence-corrected chi connectivity index (χ4v) is 16.8. The van der Waals surface area contributed by atoms with E-state index in [4.69, 9.17) is 28.2 Å². The van der Waals surface area contributed by atoms with Gasteiger partial charge in [-0.2, -0.15) is 0 Å². The maximum Gasteiger partial charge on any atom is 0.407 e. The minimum atomic E-state index is -2.18. The number of nitrogens with zero attached hydrogens (tertiary/aromatic N) is 4. The van der Waals surface area contributed by atoms with Gasteiger partial charge in [0.05, 0.1) is 0 Å². The highest BCUT2D eigenvalue weighted by molar-refractivity contribution is 6.71. The molecular formula is C96H119N7O16Si2. The molecule has 3 aliphatic rings. The van der Waals surface area contributed by atoms with Crippen molar-refractivity contribution in [3.8, 4) is 33.4 Å². The number of likely N-dealkylation sites (N-methyl/N-ethyl adjacent to an activating group) is 4. The second-order valence-corrected chi connectivity index (χ2v) is 43.0. The molecule has 642 valence electrons. The van der Waals surface area contributed by atoms with Crippen LogP contribution in [0.5, 0.6) is 0 Å². The Hall–Kier alpha value is -11.7. The van der Waals surface area contributed by atoms with E-state index >= 15 is 0 Å². The van der Waals surface area contributed by atoms with Gasteiger partial charge < -0.3 is 63.7 Å². The van der Waals surface area contributed by atoms with Gasteiger partial charge in [-0.05, 0) is 148 Å². The number of carboxylic acids is 1. The Labute approximate surface area is 714 Å². The summed E-state index contributed by atoms with van der Waals surface area (Å²) in [6.07, 6.45) is -0.233. The van der Waals surface area contributed by atoms with Gasteiger partial charge in [0.25, 0.3) is 0 Å². The van der Waals surface area contributed by atoms with Gasteiger partial charge in [-0.15, -0.1) is 0 Å². The second-order valence-electron chi connectivity index (χ2n) is 34.1. The van der Waals surface area contributed by atoms with Crippen molar-refractivity contribution in [1.29, 1.82) is 0 Å². The van der Waals surface area contributed by atoms with Gasteiger partial charge >= 0.3 is 36.2 Å². The lowest BCUT2D eigenvalue weighted by atomic mass is 9.98. The molecule has 3 aliphatic carbocycles. The van der Waals surface area contributed by atoms with Crippen molar-refractivity contribution in [1.82, 2.24) is 35.6 Å². The Morgan fingerprint density at radius 1 is 0.355 bits per heavy atom. The zero-order valence-electron chi connectivity index (χ0n) is 72.6. The third-order valence-electron chi connectivity index (χ3n) is 21.8. The fraction of sp³-hybridized carbons (Fsp3) is 0.396. The third kappa shape index (κ3) is 25.4. The number of carbonyl (C=O) groups is 10. The highest BCUT2D eigenvalue weighted by Gasteiger charge is 2.38. The molecule has 11 rings (SSSR count). The normalized spacial score (nSPS) is 13.6. The average molecular weight is 1680 g/mol. The first-order chi connectivity index (χ1) is 57.5. The van der Waals surface area contributed by atoms with E-state index in [-0.39, 0.29) is 91.8 Å². The van der Waals surface area contributed by atoms with Gasteiger partial charge in [0.15, 0.2) is 0 Å². The number of alkyl carbamates (subject to hydrolysis) is 3. The van der Waals surface area contributed by atoms with Crippen LogP contribution in [0.4, 0.5) is 14.4 Å². The second kappa shape index (κ2) is 43.0. The van der Waals surface area contributed by atoms with Crippen LogP contribution in [0.15, 0.2) is 206 Å². The van der Waals surface area contributed by atoms with E-state index in [1.807, 2.05) is 213 Å². The van der Waals surface area contributed by atoms with E-state index in [9.17, 15) is 47.9 Å². The van der Waals surface area contributed by atoms with E-state index < -0.39 is 83.0 Å². The molecule has 0 spiro atoms. The number of benzene rings is 8. The number of carboxylic acid groups (broad SMARTS) is 1. The molecule has 0 fully saturated rings. The number of nitrogens with one attached hydrogen (secondary N) is 3. The standard InChI is InChI=1S/2C38H49N3O6Si.C20H21NO4/c2*1-26(2)35(39-38(45)46-25-32-30-20-13-11-18-28(30)29-19-12-14-21-31(29)32)36(43)40(3)23-15-22-34(42)41(4)33(37(44)47-48(5,6)7)24-27-16-9-8-10-17-27;1-12(2)18(19(22)23)21-20(24)25-11-17-15-9-5-3-7-13(15)14-8-4-6-10-16(14)17/h2*8-14,16-21,26,32-33,35H,15,22-25H2,1-7H3,(H,39,45);3-10,12,17-18H,11H2,1-2H3,(H,21,24)(H,22,23)/t2*33-,35-;18-/m000/s1. The number of fused-ring (bicyclic) bond motifs is 9. The van der Waals surface area contributed by atoms with Crippen LogP contribution >= 0.6 is 0 Å². The first kappa shape index (κ1) is 93.2. The maximum atomic E-state index is 13.5. The summed E-state index contributed by atoms with van der Waals surface area (Å²) in [5, 5.41) is 17.1. The van der Waals surface area contributed by atoms with Crippen molar-refractivity contribution >= 4 is 76.5 Å². The van der Waals surface area contributed by atoms with E-state index in [1.54, 1.807) is 42.0 Å². The van der Waals surface area contributed by atoms with Crippen LogP contribution in [0.3, 0.4) is 0 Å². The summed E-state index contributed by atoms with van der Waals surface area (Å²) in [4.78, 5) is 135. The fourth-order valence-electron chi connectivity index (χ4n) is 15.3. The Morgan fingerprint density at radius 3 is 0.835 bits per heavy atom. The molecule has 8 aromatic carbocycles. The molecule has 0 radical (unpaired) electrons. The summed E-state index contributed by atoms with van der Waals surface area (Å²) in [6, 6.07) is 63.7. The van der Waals surface area contributed by atoms with Crippen molar-refractivity contribution in [3.05, 3.63) is 251 Å². The number of hydrogen-bond acceptors (Lipinski definition) is 15. The van der Waals surface area contributed by atoms with Crippen LogP contribution in [0.2, 0.25) is 39.3 Å². The zero-order valence-corrected chi connectivity index (χ0v) is 74.6. The molecule has 5 atom stereocenters. The molecule has 0 unspecified atom stereocenters. The van der Waals surface area contributed by atoms with Crippen LogP contribution in [0.25, 0.3) is 33.4 Å². The third-order valence-corrected chi connectivity index (χ3v) is 23.4. The van der Waals surface area contributed by atoms with Crippen LogP contribution in [-0.2, 0) is 69.5 Å². The quantitative estimate of drug-likeness (QED) is 0.0220. The zero-order chi connectivity index (χ0) is 88.0. The largest absolute Gasteiger partial charge is 0.518 e. The number of rotatable bonds is 33. The van der Waals surface area contributed by atoms with Gasteiger partial charge in [-0.1, -0.05) is 248 Å². The van der Waals surface area contributed by atoms with Crippen LogP contribution < -0.4 is 16.0 Å². The summed E-state index contributed by atoms with van der Waals surface area (Å²) in [5.41, 5.74) is 15.4. The Balaban J connectivity index is 0.000000217. The Morgan fingerprint density at radius 2 is 0.595 bits per heavy atom. The molecule has 0 saturated heterocycles. The molecule has 25 heteroatoms. The minimum absolute atomic E-state index is 0.0412. The molecule has 0 aliphatic heterocycles. The summed E-state index contributed by atoms with van der Waals surface area (Å²) < 4.78 is 28.3. The molecule has 23 nitrogen and oxygen atoms in total. The molecule has 121 heavy (non-hydrogen) atoms. The number of amides is 7. The number of hydrogen-bond donors (Lipinski definition) is 4. The highest BCUT2D eigenvalue weighted by Crippen LogP contribution is 2.47. The molecular weight excluding hydrogens is 1560 g/mol. The van der Waals surface area contributed by atoms with Crippen LogP contribution in [0.1, 0.15) is 129 Å². The predicted molar refractivity (Wildman–Crippen MR) is 474 cm³/mol. The van der Waals surface area contributed by atoms with Gasteiger partial charge in [-0.25, -0.2) is 19.2 Å². The first-order valence-corrected chi connectivity index (χ1v) is 48.5. The highest BCUT2D eigenvalue weighted by atomic mass is 28.4. The van der Waals surface area contributed by atoms with Crippen molar-refractivity contribution in [2.75, 3.05) is 61.1 Å². The lowest BCUT2D eigenvalue weighted by molar-refractivity contribution is -0.147. The number of aliphatic carboxylic acids is 1. The van der Waals surface area contributed by atoms with E-state index in [0.717, 1.165) is 77.9 Å². The first-order valence-electron chi connectivity index (χ1n) is 41.6. The van der Waals surface area contributed by atoms with Gasteiger partial charge in [0.1, 0.15) is 50.0 Å². The van der Waals surface area contributed by atoms with Crippen LogP contribution in [0, 0.1) is 17.8 Å². The average Bonchev–Trinajstić information content (AvgIpc) is 1.63. The van der Waals surface area contributed by atoms with Crippen molar-refractivity contribution in [3.63, 3.8) is 0 Å². The van der Waals surface area contributed by atoms with Crippen molar-refractivity contribution in [2.24, 2.45) is 17.8 Å². The Bertz CT molecular complexity index is 4540. The molecule has 4 N–H and O–H groups in total. The summed E-state index contributed by atoms with van der Waals surface area (Å²) in [5.74, 6) is -3.63. The Kier molecular flexibility index (Phi) is 33.1. The maximum absolute atomic E-state index is 13.5. The van der Waals surface area contributed by atoms with Gasteiger partial charge in [0.2, 0.25) is 40.3 Å². The van der Waals surface area contributed by atoms with Crippen molar-refractivity contribution in [2.45, 2.75) is 167 Å². The molecule has 0 heterocycles. The molecule has 8 aromatic rings. The summed E-state index contributed by atoms with van der Waals surface area (Å²) in [6.45, 7) is 23.6. The SMILES string of the molecule is CC(C)[C@H](NC(=O)OCC1c2ccccc2-c2ccccc21)C(=O)N(C)CCCC(=O)N(C)[C@@H](Cc1ccccc1)C(=O)O[Si](C)(C)C.CC(C)[C@H](NC(=O)OCC1c2ccccc2-c2ccccc21)C(=O)N(C)CCCC(=O)N(C)[C@@H](Cc1ccccc1)C(=O)O[Si](C)(C)C.CC(C)[C@H](NC(=O)OCC1c2ccccc2-c2ccccc21)C(=O)O. The van der Waals surface area contributed by atoms with E-state index in [2.05, 4.69) is 76.6 Å². The number of ether oxygens (including phenoxy) is 3. The van der Waals surface area contributed by atoms with E-state index in [1.165, 1.54) is 19.6 Å². The van der Waals surface area contributed by atoms with Gasteiger partial charge in [-0.3, -0.25) is 28.8 Å². The topological polar surface area (TPSA) is 286 Å². The van der Waals surface area contributed by atoms with Crippen molar-refractivity contribution < 1.29 is 76.1 Å². The smallest absolute Gasteiger partial charge is 0.407 e. The van der Waals surface area contributed by atoms with Gasteiger partial charge in [0, 0.05) is 84.7 Å². The molecule has 0 saturated carbocycles. The number of carbonyl (C=O) groups excluding carboxylic acids is 9. The molecule has 0 bridgehead atoms. The summed E-state index contributed by atoms with van der Waals surface area (Å²) >= 11 is 0. The van der Waals surface area contributed by atoms with Crippen LogP contribution in [-0.4, -0.2) is 192 Å². The predicted octanol–water partition coefficient (Wildman–Crippen LogP) is 16.1.